The largest absolute Gasteiger partial charge is 0.317 e. The molecule has 0 heterocycles. The molecule has 0 aromatic rings. The Balaban J connectivity index is 3.89. The molecular weight excluding hydrogens is 194 g/mol. The van der Waals surface area contributed by atoms with Crippen LogP contribution in [0.4, 0.5) is 0 Å². The number of rotatable bonds is 10. The second kappa shape index (κ2) is 9.04. The summed E-state index contributed by atoms with van der Waals surface area (Å²) >= 11 is 0. The maximum atomic E-state index is 3.44. The summed E-state index contributed by atoms with van der Waals surface area (Å²) in [5, 5.41) is 3.44. The van der Waals surface area contributed by atoms with Crippen LogP contribution in [0.15, 0.2) is 0 Å². The van der Waals surface area contributed by atoms with Gasteiger partial charge in [-0.05, 0) is 37.3 Å². The van der Waals surface area contributed by atoms with Crippen molar-refractivity contribution < 1.29 is 0 Å². The van der Waals surface area contributed by atoms with Gasteiger partial charge in [-0.25, -0.2) is 0 Å². The standard InChI is InChI=1S/C15H33N/c1-6-9-10-14(7-2)13-15(4,5)11-12-16-8-3/h14,16H,6-13H2,1-5H3. The van der Waals surface area contributed by atoms with Gasteiger partial charge < -0.3 is 5.32 Å². The third-order valence-corrected chi connectivity index (χ3v) is 3.61. The van der Waals surface area contributed by atoms with Gasteiger partial charge in [0, 0.05) is 0 Å². The normalized spacial score (nSPS) is 14.1. The van der Waals surface area contributed by atoms with Crippen LogP contribution >= 0.6 is 0 Å². The van der Waals surface area contributed by atoms with Crippen molar-refractivity contribution in [1.82, 2.24) is 5.32 Å². The van der Waals surface area contributed by atoms with Crippen molar-refractivity contribution in [3.05, 3.63) is 0 Å². The smallest absolute Gasteiger partial charge is 0.00439 e. The van der Waals surface area contributed by atoms with E-state index in [1.807, 2.05) is 0 Å². The summed E-state index contributed by atoms with van der Waals surface area (Å²) in [4.78, 5) is 0. The molecule has 0 rings (SSSR count). The van der Waals surface area contributed by atoms with Gasteiger partial charge in [0.2, 0.25) is 0 Å². The van der Waals surface area contributed by atoms with E-state index >= 15 is 0 Å². The van der Waals surface area contributed by atoms with Gasteiger partial charge >= 0.3 is 0 Å². The van der Waals surface area contributed by atoms with Crippen LogP contribution in [0.2, 0.25) is 0 Å². The van der Waals surface area contributed by atoms with Crippen molar-refractivity contribution in [1.29, 1.82) is 0 Å². The first kappa shape index (κ1) is 16.0. The van der Waals surface area contributed by atoms with Crippen LogP contribution in [0, 0.1) is 11.3 Å². The minimum atomic E-state index is 0.511. The molecule has 0 saturated heterocycles. The molecule has 0 aromatic carbocycles. The minimum absolute atomic E-state index is 0.511. The van der Waals surface area contributed by atoms with Crippen molar-refractivity contribution in [2.24, 2.45) is 11.3 Å². The molecule has 0 bridgehead atoms. The molecule has 0 amide bonds. The van der Waals surface area contributed by atoms with Gasteiger partial charge in [0.25, 0.3) is 0 Å². The van der Waals surface area contributed by atoms with E-state index in [0.29, 0.717) is 5.41 Å². The molecule has 0 radical (unpaired) electrons. The lowest BCUT2D eigenvalue weighted by atomic mass is 9.77. The molecular formula is C15H33N. The number of hydrogen-bond acceptors (Lipinski definition) is 1. The van der Waals surface area contributed by atoms with Gasteiger partial charge in [-0.3, -0.25) is 0 Å². The lowest BCUT2D eigenvalue weighted by Crippen LogP contribution is -2.24. The van der Waals surface area contributed by atoms with Crippen LogP contribution in [0.3, 0.4) is 0 Å². The van der Waals surface area contributed by atoms with Crippen molar-refractivity contribution in [2.75, 3.05) is 13.1 Å². The summed E-state index contributed by atoms with van der Waals surface area (Å²) in [5.41, 5.74) is 0.511. The maximum Gasteiger partial charge on any atom is -0.00439 e. The maximum absolute atomic E-state index is 3.44. The summed E-state index contributed by atoms with van der Waals surface area (Å²) < 4.78 is 0. The van der Waals surface area contributed by atoms with E-state index in [1.165, 1.54) is 45.1 Å². The molecule has 0 aliphatic carbocycles. The highest BCUT2D eigenvalue weighted by molar-refractivity contribution is 4.74. The molecule has 0 fully saturated rings. The van der Waals surface area contributed by atoms with Crippen LogP contribution < -0.4 is 5.32 Å². The summed E-state index contributed by atoms with van der Waals surface area (Å²) in [6.45, 7) is 14.0. The molecule has 0 aromatic heterocycles. The predicted octanol–water partition coefficient (Wildman–Crippen LogP) is 4.62. The third kappa shape index (κ3) is 8.15. The first-order chi connectivity index (χ1) is 7.55. The van der Waals surface area contributed by atoms with Crippen LogP contribution in [0.1, 0.15) is 73.1 Å². The molecule has 1 heteroatoms. The van der Waals surface area contributed by atoms with Crippen LogP contribution in [-0.4, -0.2) is 13.1 Å². The Labute approximate surface area is 103 Å². The molecule has 98 valence electrons. The highest BCUT2D eigenvalue weighted by atomic mass is 14.8. The first-order valence-electron chi connectivity index (χ1n) is 7.26. The highest BCUT2D eigenvalue weighted by Crippen LogP contribution is 2.32. The summed E-state index contributed by atoms with van der Waals surface area (Å²) in [7, 11) is 0. The van der Waals surface area contributed by atoms with E-state index in [1.54, 1.807) is 0 Å². The Morgan fingerprint density at radius 1 is 1.12 bits per heavy atom. The van der Waals surface area contributed by atoms with Gasteiger partial charge in [0.1, 0.15) is 0 Å². The molecule has 1 atom stereocenters. The fourth-order valence-electron chi connectivity index (χ4n) is 2.43. The van der Waals surface area contributed by atoms with E-state index in [9.17, 15) is 0 Å². The molecule has 0 aliphatic heterocycles. The summed E-state index contributed by atoms with van der Waals surface area (Å²) in [6, 6.07) is 0. The molecule has 1 unspecified atom stereocenters. The fraction of sp³-hybridized carbons (Fsp3) is 1.00. The van der Waals surface area contributed by atoms with Crippen molar-refractivity contribution >= 4 is 0 Å². The second-order valence-electron chi connectivity index (χ2n) is 5.89. The quantitative estimate of drug-likeness (QED) is 0.537. The van der Waals surface area contributed by atoms with Gasteiger partial charge in [-0.1, -0.05) is 60.3 Å². The zero-order valence-corrected chi connectivity index (χ0v) is 12.2. The Bertz CT molecular complexity index is 152. The minimum Gasteiger partial charge on any atom is -0.317 e. The molecule has 1 nitrogen and oxygen atoms in total. The van der Waals surface area contributed by atoms with E-state index in [4.69, 9.17) is 0 Å². The average Bonchev–Trinajstić information content (AvgIpc) is 2.24. The Morgan fingerprint density at radius 3 is 2.31 bits per heavy atom. The number of nitrogens with one attached hydrogen (secondary N) is 1. The lowest BCUT2D eigenvalue weighted by Gasteiger charge is -2.29. The Kier molecular flexibility index (Phi) is 9.02. The second-order valence-corrected chi connectivity index (χ2v) is 5.89. The van der Waals surface area contributed by atoms with E-state index in [-0.39, 0.29) is 0 Å². The van der Waals surface area contributed by atoms with Crippen molar-refractivity contribution in [3.8, 4) is 0 Å². The molecule has 0 aliphatic rings. The fourth-order valence-corrected chi connectivity index (χ4v) is 2.43. The van der Waals surface area contributed by atoms with E-state index in [2.05, 4.69) is 39.9 Å². The number of unbranched alkanes of at least 4 members (excludes halogenated alkanes) is 1. The van der Waals surface area contributed by atoms with Gasteiger partial charge in [0.15, 0.2) is 0 Å². The van der Waals surface area contributed by atoms with Gasteiger partial charge in [0.05, 0.1) is 0 Å². The zero-order valence-electron chi connectivity index (χ0n) is 12.2. The van der Waals surface area contributed by atoms with Crippen molar-refractivity contribution in [3.63, 3.8) is 0 Å². The molecule has 0 saturated carbocycles. The van der Waals surface area contributed by atoms with E-state index in [0.717, 1.165) is 12.5 Å². The van der Waals surface area contributed by atoms with Crippen molar-refractivity contribution in [2.45, 2.75) is 73.1 Å². The van der Waals surface area contributed by atoms with Crippen LogP contribution in [0.25, 0.3) is 0 Å². The Hall–Kier alpha value is -0.0400. The lowest BCUT2D eigenvalue weighted by molar-refractivity contribution is 0.230. The number of hydrogen-bond donors (Lipinski definition) is 1. The van der Waals surface area contributed by atoms with Gasteiger partial charge in [-0.2, -0.15) is 0 Å². The average molecular weight is 227 g/mol. The first-order valence-corrected chi connectivity index (χ1v) is 7.26. The molecule has 1 N–H and O–H groups in total. The van der Waals surface area contributed by atoms with Crippen LogP contribution in [0.5, 0.6) is 0 Å². The topological polar surface area (TPSA) is 12.0 Å². The summed E-state index contributed by atoms with van der Waals surface area (Å²) in [5.74, 6) is 0.941. The Morgan fingerprint density at radius 2 is 1.81 bits per heavy atom. The predicted molar refractivity (Wildman–Crippen MR) is 74.9 cm³/mol. The van der Waals surface area contributed by atoms with E-state index < -0.39 is 0 Å². The third-order valence-electron chi connectivity index (χ3n) is 3.61. The van der Waals surface area contributed by atoms with Gasteiger partial charge in [-0.15, -0.1) is 0 Å². The van der Waals surface area contributed by atoms with Crippen LogP contribution in [-0.2, 0) is 0 Å². The highest BCUT2D eigenvalue weighted by Gasteiger charge is 2.21. The monoisotopic (exact) mass is 227 g/mol. The summed E-state index contributed by atoms with van der Waals surface area (Å²) in [6.07, 6.45) is 8.23. The molecule has 16 heavy (non-hydrogen) atoms. The SMILES string of the molecule is CCCCC(CC)CC(C)(C)CCNCC. The zero-order chi connectivity index (χ0) is 12.4. The molecule has 0 spiro atoms.